The van der Waals surface area contributed by atoms with Crippen LogP contribution in [0.25, 0.3) is 0 Å². The van der Waals surface area contributed by atoms with Crippen molar-refractivity contribution in [3.05, 3.63) is 0 Å². The van der Waals surface area contributed by atoms with Gasteiger partial charge in [0.1, 0.15) is 0 Å². The van der Waals surface area contributed by atoms with Crippen LogP contribution in [0.15, 0.2) is 0 Å². The summed E-state index contributed by atoms with van der Waals surface area (Å²) in [7, 11) is 0. The van der Waals surface area contributed by atoms with Crippen LogP contribution in [-0.2, 0) is 0 Å². The first-order chi connectivity index (χ1) is 5.94. The fourth-order valence-electron chi connectivity index (χ4n) is 2.60. The molecule has 76 valence electrons. The van der Waals surface area contributed by atoms with E-state index in [1.54, 1.807) is 0 Å². The van der Waals surface area contributed by atoms with Crippen molar-refractivity contribution in [1.82, 2.24) is 0 Å². The lowest BCUT2D eigenvalue weighted by Crippen LogP contribution is -2.35. The molecule has 0 amide bonds. The zero-order valence-electron chi connectivity index (χ0n) is 7.89. The maximum Gasteiger partial charge on any atom is 0.248 e. The Morgan fingerprint density at radius 3 is 2.38 bits per heavy atom. The number of rotatable bonds is 1. The summed E-state index contributed by atoms with van der Waals surface area (Å²) in [5.74, 6) is -2.46. The van der Waals surface area contributed by atoms with Gasteiger partial charge >= 0.3 is 0 Å². The molecule has 3 heteroatoms. The van der Waals surface area contributed by atoms with E-state index in [2.05, 4.69) is 0 Å². The van der Waals surface area contributed by atoms with Crippen LogP contribution >= 0.6 is 0 Å². The standard InChI is InChI=1S/C10H16F2O/c1-7-5-10(7,13)8-3-2-4-9(11,12)6-8/h7-8,13H,2-6H2,1H3. The number of aliphatic hydroxyl groups is 1. The molecule has 13 heavy (non-hydrogen) atoms. The lowest BCUT2D eigenvalue weighted by Gasteiger charge is -2.32. The van der Waals surface area contributed by atoms with Crippen LogP contribution in [0, 0.1) is 11.8 Å². The number of halogens is 2. The molecule has 1 N–H and O–H groups in total. The van der Waals surface area contributed by atoms with E-state index in [1.807, 2.05) is 6.92 Å². The molecule has 0 radical (unpaired) electrons. The van der Waals surface area contributed by atoms with Gasteiger partial charge in [-0.1, -0.05) is 6.92 Å². The fraction of sp³-hybridized carbons (Fsp3) is 1.00. The monoisotopic (exact) mass is 190 g/mol. The Bertz CT molecular complexity index is 217. The third kappa shape index (κ3) is 1.58. The maximum atomic E-state index is 13.0. The van der Waals surface area contributed by atoms with Gasteiger partial charge in [-0.05, 0) is 31.1 Å². The maximum absolute atomic E-state index is 13.0. The average molecular weight is 190 g/mol. The average Bonchev–Trinajstić information content (AvgIpc) is 2.59. The summed E-state index contributed by atoms with van der Waals surface area (Å²) in [6, 6.07) is 0. The van der Waals surface area contributed by atoms with Crippen molar-refractivity contribution in [1.29, 1.82) is 0 Å². The number of hydrogen-bond acceptors (Lipinski definition) is 1. The molecule has 0 heterocycles. The van der Waals surface area contributed by atoms with Gasteiger partial charge in [0.25, 0.3) is 0 Å². The summed E-state index contributed by atoms with van der Waals surface area (Å²) in [6.45, 7) is 1.94. The molecular formula is C10H16F2O. The van der Waals surface area contributed by atoms with E-state index < -0.39 is 11.5 Å². The van der Waals surface area contributed by atoms with E-state index in [1.165, 1.54) is 0 Å². The summed E-state index contributed by atoms with van der Waals surface area (Å²) in [5, 5.41) is 9.92. The van der Waals surface area contributed by atoms with Gasteiger partial charge in [-0.15, -0.1) is 0 Å². The number of alkyl halides is 2. The molecule has 2 rings (SSSR count). The fourth-order valence-corrected chi connectivity index (χ4v) is 2.60. The second-order valence-corrected chi connectivity index (χ2v) is 4.75. The smallest absolute Gasteiger partial charge is 0.248 e. The minimum absolute atomic E-state index is 0.00790. The lowest BCUT2D eigenvalue weighted by molar-refractivity contribution is -0.0843. The van der Waals surface area contributed by atoms with Crippen LogP contribution in [0.3, 0.4) is 0 Å². The minimum Gasteiger partial charge on any atom is -0.389 e. The second kappa shape index (κ2) is 2.66. The van der Waals surface area contributed by atoms with Crippen molar-refractivity contribution in [2.24, 2.45) is 11.8 Å². The van der Waals surface area contributed by atoms with Crippen LogP contribution in [0.1, 0.15) is 39.0 Å². The van der Waals surface area contributed by atoms with Gasteiger partial charge in [0.2, 0.25) is 5.92 Å². The molecule has 2 aliphatic rings. The molecular weight excluding hydrogens is 174 g/mol. The summed E-state index contributed by atoms with van der Waals surface area (Å²) in [5.41, 5.74) is -0.746. The predicted molar refractivity (Wildman–Crippen MR) is 45.6 cm³/mol. The zero-order chi connectivity index (χ0) is 9.69. The first kappa shape index (κ1) is 9.38. The van der Waals surface area contributed by atoms with Crippen LogP contribution in [0.5, 0.6) is 0 Å². The van der Waals surface area contributed by atoms with Gasteiger partial charge in [0.05, 0.1) is 5.60 Å². The van der Waals surface area contributed by atoms with E-state index in [0.29, 0.717) is 12.8 Å². The SMILES string of the molecule is CC1CC1(O)C1CCCC(F)(F)C1. The Balaban J connectivity index is 2.01. The molecule has 2 fully saturated rings. The van der Waals surface area contributed by atoms with Crippen LogP contribution < -0.4 is 0 Å². The summed E-state index contributed by atoms with van der Waals surface area (Å²) in [6.07, 6.45) is 1.96. The second-order valence-electron chi connectivity index (χ2n) is 4.75. The van der Waals surface area contributed by atoms with Gasteiger partial charge < -0.3 is 5.11 Å². The normalized spacial score (nSPS) is 48.9. The quantitative estimate of drug-likeness (QED) is 0.673. The van der Waals surface area contributed by atoms with Gasteiger partial charge in [-0.2, -0.15) is 0 Å². The Kier molecular flexibility index (Phi) is 1.92. The first-order valence-corrected chi connectivity index (χ1v) is 5.04. The highest BCUT2D eigenvalue weighted by Crippen LogP contribution is 2.55. The third-order valence-corrected chi connectivity index (χ3v) is 3.67. The molecule has 0 aromatic heterocycles. The van der Waals surface area contributed by atoms with Crippen LogP contribution in [-0.4, -0.2) is 16.6 Å². The van der Waals surface area contributed by atoms with Crippen LogP contribution in [0.4, 0.5) is 8.78 Å². The van der Waals surface area contributed by atoms with E-state index in [0.717, 1.165) is 6.42 Å². The highest BCUT2D eigenvalue weighted by molar-refractivity contribution is 5.07. The molecule has 0 spiro atoms. The first-order valence-electron chi connectivity index (χ1n) is 5.04. The minimum atomic E-state index is -2.53. The van der Waals surface area contributed by atoms with Gasteiger partial charge in [-0.3, -0.25) is 0 Å². The van der Waals surface area contributed by atoms with Gasteiger partial charge in [0, 0.05) is 12.8 Å². The third-order valence-electron chi connectivity index (χ3n) is 3.67. The zero-order valence-corrected chi connectivity index (χ0v) is 7.89. The van der Waals surface area contributed by atoms with Gasteiger partial charge in [-0.25, -0.2) is 8.78 Å². The topological polar surface area (TPSA) is 20.2 Å². The van der Waals surface area contributed by atoms with Crippen molar-refractivity contribution < 1.29 is 13.9 Å². The molecule has 3 atom stereocenters. The summed E-state index contributed by atoms with van der Waals surface area (Å²) < 4.78 is 26.1. The van der Waals surface area contributed by atoms with E-state index in [-0.39, 0.29) is 24.7 Å². The van der Waals surface area contributed by atoms with Crippen LogP contribution in [0.2, 0.25) is 0 Å². The predicted octanol–water partition coefficient (Wildman–Crippen LogP) is 2.58. The largest absolute Gasteiger partial charge is 0.389 e. The molecule has 3 unspecified atom stereocenters. The van der Waals surface area contributed by atoms with E-state index in [4.69, 9.17) is 0 Å². The Hall–Kier alpha value is -0.180. The van der Waals surface area contributed by atoms with Gasteiger partial charge in [0.15, 0.2) is 0 Å². The van der Waals surface area contributed by atoms with E-state index in [9.17, 15) is 13.9 Å². The molecule has 0 bridgehead atoms. The van der Waals surface area contributed by atoms with Crippen molar-refractivity contribution >= 4 is 0 Å². The van der Waals surface area contributed by atoms with Crippen molar-refractivity contribution in [2.75, 3.05) is 0 Å². The Morgan fingerprint density at radius 2 is 1.92 bits per heavy atom. The summed E-state index contributed by atoms with van der Waals surface area (Å²) >= 11 is 0. The molecule has 0 aliphatic heterocycles. The molecule has 0 saturated heterocycles. The Labute approximate surface area is 77.1 Å². The van der Waals surface area contributed by atoms with Crippen molar-refractivity contribution in [2.45, 2.75) is 50.6 Å². The molecule has 2 saturated carbocycles. The molecule has 1 nitrogen and oxygen atoms in total. The highest BCUT2D eigenvalue weighted by atomic mass is 19.3. The van der Waals surface area contributed by atoms with E-state index >= 15 is 0 Å². The molecule has 0 aromatic carbocycles. The molecule has 2 aliphatic carbocycles. The number of hydrogen-bond donors (Lipinski definition) is 1. The van der Waals surface area contributed by atoms with Crippen molar-refractivity contribution in [3.63, 3.8) is 0 Å². The highest BCUT2D eigenvalue weighted by Gasteiger charge is 2.57. The van der Waals surface area contributed by atoms with Crippen molar-refractivity contribution in [3.8, 4) is 0 Å². The summed E-state index contributed by atoms with van der Waals surface area (Å²) in [4.78, 5) is 0. The lowest BCUT2D eigenvalue weighted by atomic mass is 9.81. The Morgan fingerprint density at radius 1 is 1.31 bits per heavy atom. The molecule has 0 aromatic rings.